The Kier molecular flexibility index (Phi) is 5.06. The fraction of sp³-hybridized carbons (Fsp3) is 0.375. The van der Waals surface area contributed by atoms with Crippen LogP contribution in [0.2, 0.25) is 5.02 Å². The molecule has 5 heteroatoms. The molecule has 1 amide bonds. The summed E-state index contributed by atoms with van der Waals surface area (Å²) in [7, 11) is 0. The van der Waals surface area contributed by atoms with Gasteiger partial charge in [-0.05, 0) is 49.4 Å². The van der Waals surface area contributed by atoms with Gasteiger partial charge in [-0.1, -0.05) is 35.9 Å². The minimum Gasteiger partial charge on any atom is -0.459 e. The minimum absolute atomic E-state index is 0.0934. The van der Waals surface area contributed by atoms with E-state index in [-0.39, 0.29) is 5.91 Å². The number of halogens is 1. The molecule has 4 nitrogen and oxygen atoms in total. The molecule has 3 aromatic rings. The highest BCUT2D eigenvalue weighted by Gasteiger charge is 2.28. The second-order valence-corrected chi connectivity index (χ2v) is 8.67. The maximum absolute atomic E-state index is 12.7. The summed E-state index contributed by atoms with van der Waals surface area (Å²) in [6.07, 6.45) is 3.16. The molecule has 29 heavy (non-hydrogen) atoms. The molecular weight excluding hydrogens is 384 g/mol. The number of carbonyl (C=O) groups is 1. The summed E-state index contributed by atoms with van der Waals surface area (Å²) in [5.41, 5.74) is 3.08. The predicted octanol–water partition coefficient (Wildman–Crippen LogP) is 5.00. The number of amides is 1. The van der Waals surface area contributed by atoms with Gasteiger partial charge in [-0.25, -0.2) is 0 Å². The Hall–Kier alpha value is -2.30. The lowest BCUT2D eigenvalue weighted by Crippen LogP contribution is -2.42. The van der Waals surface area contributed by atoms with Crippen LogP contribution < -0.4 is 0 Å². The fourth-order valence-corrected chi connectivity index (χ4v) is 4.94. The van der Waals surface area contributed by atoms with Crippen LogP contribution in [0.4, 0.5) is 0 Å². The number of nitrogens with zero attached hydrogens (tertiary/aromatic N) is 2. The zero-order valence-corrected chi connectivity index (χ0v) is 17.2. The first-order chi connectivity index (χ1) is 14.2. The zero-order valence-electron chi connectivity index (χ0n) is 16.4. The average molecular weight is 409 g/mol. The highest BCUT2D eigenvalue weighted by atomic mass is 35.5. The SMILES string of the molecule is O=C(c1cccc(Cl)c1)N1CCC(CN2CCc3c(oc4ccccc34)C2)CC1. The van der Waals surface area contributed by atoms with Crippen LogP contribution in [-0.4, -0.2) is 41.9 Å². The summed E-state index contributed by atoms with van der Waals surface area (Å²) >= 11 is 6.04. The molecular formula is C24H25ClN2O2. The third-order valence-corrected chi connectivity index (χ3v) is 6.55. The van der Waals surface area contributed by atoms with Gasteiger partial charge in [-0.3, -0.25) is 9.69 Å². The Labute approximate surface area is 176 Å². The molecule has 0 saturated carbocycles. The van der Waals surface area contributed by atoms with E-state index in [0.717, 1.165) is 63.3 Å². The number of carbonyl (C=O) groups excluding carboxylic acids is 1. The lowest BCUT2D eigenvalue weighted by Gasteiger charge is -2.35. The van der Waals surface area contributed by atoms with Crippen LogP contribution in [0.5, 0.6) is 0 Å². The zero-order chi connectivity index (χ0) is 19.8. The molecule has 0 bridgehead atoms. The smallest absolute Gasteiger partial charge is 0.253 e. The Morgan fingerprint density at radius 1 is 1.07 bits per heavy atom. The van der Waals surface area contributed by atoms with Crippen LogP contribution in [0.3, 0.4) is 0 Å². The molecule has 0 atom stereocenters. The standard InChI is InChI=1S/C24H25ClN2O2/c25-19-5-3-4-18(14-19)24(28)27-12-8-17(9-13-27)15-26-11-10-21-20-6-1-2-7-22(20)29-23(21)16-26/h1-7,14,17H,8-13,15-16H2. The first kappa shape index (κ1) is 18.7. The van der Waals surface area contributed by atoms with Gasteiger partial charge in [0, 0.05) is 47.7 Å². The minimum atomic E-state index is 0.0934. The number of rotatable bonds is 3. The van der Waals surface area contributed by atoms with Gasteiger partial charge in [0.1, 0.15) is 11.3 Å². The van der Waals surface area contributed by atoms with Crippen molar-refractivity contribution in [1.82, 2.24) is 9.80 Å². The molecule has 150 valence electrons. The van der Waals surface area contributed by atoms with Crippen LogP contribution in [0, 0.1) is 5.92 Å². The summed E-state index contributed by atoms with van der Waals surface area (Å²) < 4.78 is 6.11. The third kappa shape index (κ3) is 3.79. The van der Waals surface area contributed by atoms with Crippen molar-refractivity contribution < 1.29 is 9.21 Å². The largest absolute Gasteiger partial charge is 0.459 e. The number of benzene rings is 2. The number of hydrogen-bond acceptors (Lipinski definition) is 3. The van der Waals surface area contributed by atoms with E-state index in [1.165, 1.54) is 10.9 Å². The van der Waals surface area contributed by atoms with E-state index in [9.17, 15) is 4.79 Å². The van der Waals surface area contributed by atoms with Gasteiger partial charge in [-0.2, -0.15) is 0 Å². The maximum atomic E-state index is 12.7. The van der Waals surface area contributed by atoms with Crippen LogP contribution in [0.15, 0.2) is 52.9 Å². The molecule has 2 aliphatic rings. The van der Waals surface area contributed by atoms with Gasteiger partial charge in [0.25, 0.3) is 5.91 Å². The number of hydrogen-bond donors (Lipinski definition) is 0. The van der Waals surface area contributed by atoms with E-state index < -0.39 is 0 Å². The second kappa shape index (κ2) is 7.85. The van der Waals surface area contributed by atoms with Crippen LogP contribution in [0.1, 0.15) is 34.5 Å². The normalized spacial score (nSPS) is 18.2. The van der Waals surface area contributed by atoms with E-state index in [1.54, 1.807) is 12.1 Å². The van der Waals surface area contributed by atoms with Crippen molar-refractivity contribution in [2.45, 2.75) is 25.8 Å². The molecule has 0 radical (unpaired) electrons. The van der Waals surface area contributed by atoms with Crippen molar-refractivity contribution in [2.75, 3.05) is 26.2 Å². The van der Waals surface area contributed by atoms with Crippen molar-refractivity contribution in [1.29, 1.82) is 0 Å². The summed E-state index contributed by atoms with van der Waals surface area (Å²) in [6.45, 7) is 4.69. The first-order valence-corrected chi connectivity index (χ1v) is 10.8. The molecule has 0 N–H and O–H groups in total. The molecule has 5 rings (SSSR count). The predicted molar refractivity (Wildman–Crippen MR) is 115 cm³/mol. The van der Waals surface area contributed by atoms with E-state index in [1.807, 2.05) is 23.1 Å². The van der Waals surface area contributed by atoms with Crippen molar-refractivity contribution in [2.24, 2.45) is 5.92 Å². The quantitative estimate of drug-likeness (QED) is 0.612. The van der Waals surface area contributed by atoms with Gasteiger partial charge >= 0.3 is 0 Å². The third-order valence-electron chi connectivity index (χ3n) is 6.32. The first-order valence-electron chi connectivity index (χ1n) is 10.4. The highest BCUT2D eigenvalue weighted by molar-refractivity contribution is 6.30. The van der Waals surface area contributed by atoms with Crippen molar-refractivity contribution in [3.63, 3.8) is 0 Å². The lowest BCUT2D eigenvalue weighted by atomic mass is 9.94. The molecule has 3 heterocycles. The van der Waals surface area contributed by atoms with E-state index in [2.05, 4.69) is 23.1 Å². The number of likely N-dealkylation sites (tertiary alicyclic amines) is 1. The van der Waals surface area contributed by atoms with Gasteiger partial charge in [0.15, 0.2) is 0 Å². The van der Waals surface area contributed by atoms with Crippen molar-refractivity contribution >= 4 is 28.5 Å². The molecule has 2 aromatic carbocycles. The van der Waals surface area contributed by atoms with Crippen molar-refractivity contribution in [3.05, 3.63) is 70.4 Å². The van der Waals surface area contributed by atoms with E-state index in [4.69, 9.17) is 16.0 Å². The molecule has 1 fully saturated rings. The number of para-hydroxylation sites is 1. The maximum Gasteiger partial charge on any atom is 0.253 e. The highest BCUT2D eigenvalue weighted by Crippen LogP contribution is 2.31. The molecule has 0 spiro atoms. The number of piperidine rings is 1. The Bertz CT molecular complexity index is 1040. The van der Waals surface area contributed by atoms with Crippen molar-refractivity contribution in [3.8, 4) is 0 Å². The fourth-order valence-electron chi connectivity index (χ4n) is 4.75. The molecule has 0 aliphatic carbocycles. The molecule has 1 aromatic heterocycles. The summed E-state index contributed by atoms with van der Waals surface area (Å²) in [5, 5.41) is 1.88. The van der Waals surface area contributed by atoms with Gasteiger partial charge < -0.3 is 9.32 Å². The topological polar surface area (TPSA) is 36.7 Å². The average Bonchev–Trinajstić information content (AvgIpc) is 3.11. The molecule has 2 aliphatic heterocycles. The molecule has 0 unspecified atom stereocenters. The summed E-state index contributed by atoms with van der Waals surface area (Å²) in [6, 6.07) is 15.6. The van der Waals surface area contributed by atoms with Crippen LogP contribution in [-0.2, 0) is 13.0 Å². The van der Waals surface area contributed by atoms with Crippen LogP contribution in [0.25, 0.3) is 11.0 Å². The Balaban J connectivity index is 1.18. The number of fused-ring (bicyclic) bond motifs is 3. The van der Waals surface area contributed by atoms with E-state index >= 15 is 0 Å². The van der Waals surface area contributed by atoms with Gasteiger partial charge in [-0.15, -0.1) is 0 Å². The summed E-state index contributed by atoms with van der Waals surface area (Å²) in [5.74, 6) is 1.85. The number of furan rings is 1. The van der Waals surface area contributed by atoms with E-state index in [0.29, 0.717) is 16.5 Å². The molecule has 1 saturated heterocycles. The second-order valence-electron chi connectivity index (χ2n) is 8.23. The van der Waals surface area contributed by atoms with Crippen LogP contribution >= 0.6 is 11.6 Å². The lowest BCUT2D eigenvalue weighted by molar-refractivity contribution is 0.0660. The van der Waals surface area contributed by atoms with Gasteiger partial charge in [0.05, 0.1) is 6.54 Å². The monoisotopic (exact) mass is 408 g/mol. The Morgan fingerprint density at radius 3 is 2.72 bits per heavy atom. The van der Waals surface area contributed by atoms with Gasteiger partial charge in [0.2, 0.25) is 0 Å². The summed E-state index contributed by atoms with van der Waals surface area (Å²) in [4.78, 5) is 17.2. The Morgan fingerprint density at radius 2 is 1.90 bits per heavy atom.